The molecule has 0 bridgehead atoms. The Hall–Kier alpha value is -0.140. The van der Waals surface area contributed by atoms with Crippen LogP contribution in [0, 0.1) is 0 Å². The zero-order valence-corrected chi connectivity index (χ0v) is 11.1. The number of hydrogen-bond acceptors (Lipinski definition) is 1. The van der Waals surface area contributed by atoms with E-state index in [0.29, 0.717) is 11.8 Å². The molecule has 0 rings (SSSR count). The fourth-order valence-corrected chi connectivity index (χ4v) is 1.43. The largest absolute Gasteiger partial charge is 0.467 e. The molecule has 0 amide bonds. The Labute approximate surface area is 103 Å². The molecule has 0 aliphatic carbocycles. The minimum Gasteiger partial charge on any atom is -0.467 e. The predicted molar refractivity (Wildman–Crippen MR) is 68.5 cm³/mol. The van der Waals surface area contributed by atoms with E-state index in [-0.39, 0.29) is 0 Å². The van der Waals surface area contributed by atoms with Crippen LogP contribution in [0.25, 0.3) is 0 Å². The Morgan fingerprint density at radius 3 is 1.60 bits per heavy atom. The molecule has 3 heteroatoms. The van der Waals surface area contributed by atoms with E-state index in [9.17, 15) is 0 Å². The molecule has 0 atom stereocenters. The van der Waals surface area contributed by atoms with Gasteiger partial charge in [0.15, 0.2) is 0 Å². The fraction of sp³-hybridized carbons (Fsp3) is 0.667. The summed E-state index contributed by atoms with van der Waals surface area (Å²) in [5, 5.41) is 0. The van der Waals surface area contributed by atoms with Crippen molar-refractivity contribution >= 4 is 23.2 Å². The van der Waals surface area contributed by atoms with E-state index in [4.69, 9.17) is 27.9 Å². The lowest BCUT2D eigenvalue weighted by Gasteiger charge is -2.12. The van der Waals surface area contributed by atoms with Gasteiger partial charge in [0.2, 0.25) is 0 Å². The maximum atomic E-state index is 5.76. The molecule has 0 aliphatic rings. The number of rotatable bonds is 8. The van der Waals surface area contributed by atoms with Gasteiger partial charge < -0.3 is 4.74 Å². The van der Waals surface area contributed by atoms with Crippen LogP contribution in [-0.4, -0.2) is 11.8 Å². The summed E-state index contributed by atoms with van der Waals surface area (Å²) in [5.41, 5.74) is 0. The van der Waals surface area contributed by atoms with E-state index in [1.165, 1.54) is 0 Å². The molecule has 88 valence electrons. The zero-order chi connectivity index (χ0) is 11.5. The van der Waals surface area contributed by atoms with Crippen molar-refractivity contribution in [3.05, 3.63) is 23.7 Å². The van der Waals surface area contributed by atoms with Gasteiger partial charge >= 0.3 is 0 Å². The summed E-state index contributed by atoms with van der Waals surface area (Å²) in [5.74, 6) is 3.35. The van der Waals surface area contributed by atoms with Crippen molar-refractivity contribution in [1.29, 1.82) is 0 Å². The lowest BCUT2D eigenvalue weighted by molar-refractivity contribution is 0.274. The van der Waals surface area contributed by atoms with Gasteiger partial charge in [0.25, 0.3) is 0 Å². The Morgan fingerprint density at radius 1 is 0.933 bits per heavy atom. The number of allylic oxidation sites excluding steroid dienone is 4. The van der Waals surface area contributed by atoms with Crippen LogP contribution in [0.1, 0.15) is 39.5 Å². The van der Waals surface area contributed by atoms with E-state index in [0.717, 1.165) is 37.2 Å². The highest BCUT2D eigenvalue weighted by molar-refractivity contribution is 6.18. The monoisotopic (exact) mass is 250 g/mol. The van der Waals surface area contributed by atoms with Crippen molar-refractivity contribution in [2.24, 2.45) is 0 Å². The van der Waals surface area contributed by atoms with E-state index >= 15 is 0 Å². The second kappa shape index (κ2) is 10.4. The Morgan fingerprint density at radius 2 is 1.33 bits per heavy atom. The molecule has 0 fully saturated rings. The third-order valence-electron chi connectivity index (χ3n) is 2.02. The third-order valence-corrected chi connectivity index (χ3v) is 2.55. The standard InChI is InChI=1S/C12H20Cl2O/c1-3-11(7-5-9-13)15-12(4-2)8-6-10-14/h3-4H,5-10H2,1-2H3. The van der Waals surface area contributed by atoms with Crippen LogP contribution in [0.3, 0.4) is 0 Å². The molecule has 0 aliphatic heterocycles. The molecule has 0 aromatic rings. The average Bonchev–Trinajstić information content (AvgIpc) is 2.28. The zero-order valence-electron chi connectivity index (χ0n) is 9.56. The molecule has 0 saturated carbocycles. The molecular formula is C12H20Cl2O. The summed E-state index contributed by atoms with van der Waals surface area (Å²) in [6.07, 6.45) is 7.70. The first-order valence-electron chi connectivity index (χ1n) is 5.38. The van der Waals surface area contributed by atoms with Crippen molar-refractivity contribution in [1.82, 2.24) is 0 Å². The van der Waals surface area contributed by atoms with Crippen LogP contribution < -0.4 is 0 Å². The van der Waals surface area contributed by atoms with Crippen LogP contribution in [0.5, 0.6) is 0 Å². The number of alkyl halides is 2. The van der Waals surface area contributed by atoms with Gasteiger partial charge in [0.1, 0.15) is 0 Å². The molecule has 0 aromatic carbocycles. The second-order valence-electron chi connectivity index (χ2n) is 3.20. The summed E-state index contributed by atoms with van der Waals surface area (Å²) < 4.78 is 5.76. The number of ether oxygens (including phenoxy) is 1. The van der Waals surface area contributed by atoms with Gasteiger partial charge in [-0.15, -0.1) is 23.2 Å². The number of hydrogen-bond donors (Lipinski definition) is 0. The SMILES string of the molecule is CC=C(CCCCl)OC(=CC)CCCCl. The molecular weight excluding hydrogens is 231 g/mol. The van der Waals surface area contributed by atoms with Gasteiger partial charge in [0.05, 0.1) is 11.5 Å². The summed E-state index contributed by atoms with van der Waals surface area (Å²) in [6.45, 7) is 3.97. The summed E-state index contributed by atoms with van der Waals surface area (Å²) in [7, 11) is 0. The minimum absolute atomic E-state index is 0.674. The maximum Gasteiger partial charge on any atom is 0.0993 e. The predicted octanol–water partition coefficient (Wildman–Crippen LogP) is 4.85. The van der Waals surface area contributed by atoms with Gasteiger partial charge in [-0.1, -0.05) is 0 Å². The molecule has 0 heterocycles. The third kappa shape index (κ3) is 7.75. The van der Waals surface area contributed by atoms with Gasteiger partial charge in [-0.3, -0.25) is 0 Å². The smallest absolute Gasteiger partial charge is 0.0993 e. The lowest BCUT2D eigenvalue weighted by atomic mass is 10.2. The average molecular weight is 251 g/mol. The van der Waals surface area contributed by atoms with Crippen molar-refractivity contribution in [2.75, 3.05) is 11.8 Å². The van der Waals surface area contributed by atoms with Crippen molar-refractivity contribution in [3.8, 4) is 0 Å². The van der Waals surface area contributed by atoms with Crippen LogP contribution >= 0.6 is 23.2 Å². The molecule has 0 N–H and O–H groups in total. The molecule has 15 heavy (non-hydrogen) atoms. The van der Waals surface area contributed by atoms with Gasteiger partial charge in [-0.2, -0.15) is 0 Å². The van der Waals surface area contributed by atoms with Crippen molar-refractivity contribution in [3.63, 3.8) is 0 Å². The maximum absolute atomic E-state index is 5.76. The first kappa shape index (κ1) is 14.9. The first-order chi connectivity index (χ1) is 7.28. The Balaban J connectivity index is 4.02. The van der Waals surface area contributed by atoms with E-state index in [1.807, 2.05) is 26.0 Å². The molecule has 0 unspecified atom stereocenters. The lowest BCUT2D eigenvalue weighted by Crippen LogP contribution is -1.95. The van der Waals surface area contributed by atoms with E-state index < -0.39 is 0 Å². The fourth-order valence-electron chi connectivity index (χ4n) is 1.16. The first-order valence-corrected chi connectivity index (χ1v) is 6.45. The van der Waals surface area contributed by atoms with Crippen molar-refractivity contribution < 1.29 is 4.74 Å². The summed E-state index contributed by atoms with van der Waals surface area (Å²) in [4.78, 5) is 0. The molecule has 0 radical (unpaired) electrons. The van der Waals surface area contributed by atoms with Gasteiger partial charge in [-0.05, 0) is 38.8 Å². The summed E-state index contributed by atoms with van der Waals surface area (Å²) in [6, 6.07) is 0. The second-order valence-corrected chi connectivity index (χ2v) is 3.95. The minimum atomic E-state index is 0.674. The molecule has 1 nitrogen and oxygen atoms in total. The highest BCUT2D eigenvalue weighted by atomic mass is 35.5. The van der Waals surface area contributed by atoms with Crippen LogP contribution in [0.4, 0.5) is 0 Å². The topological polar surface area (TPSA) is 9.23 Å². The molecule has 0 aromatic heterocycles. The van der Waals surface area contributed by atoms with Crippen LogP contribution in [0.15, 0.2) is 23.7 Å². The highest BCUT2D eigenvalue weighted by Gasteiger charge is 2.02. The van der Waals surface area contributed by atoms with Crippen LogP contribution in [-0.2, 0) is 4.74 Å². The highest BCUT2D eigenvalue weighted by Crippen LogP contribution is 2.16. The molecule has 0 saturated heterocycles. The van der Waals surface area contributed by atoms with E-state index in [2.05, 4.69) is 0 Å². The summed E-state index contributed by atoms with van der Waals surface area (Å²) >= 11 is 11.3. The quantitative estimate of drug-likeness (QED) is 0.442. The van der Waals surface area contributed by atoms with Crippen molar-refractivity contribution in [2.45, 2.75) is 39.5 Å². The van der Waals surface area contributed by atoms with E-state index in [1.54, 1.807) is 0 Å². The molecule has 0 spiro atoms. The van der Waals surface area contributed by atoms with Gasteiger partial charge in [0, 0.05) is 24.6 Å². The Kier molecular flexibility index (Phi) is 10.3. The van der Waals surface area contributed by atoms with Gasteiger partial charge in [-0.25, -0.2) is 0 Å². The van der Waals surface area contributed by atoms with Crippen LogP contribution in [0.2, 0.25) is 0 Å². The number of halogens is 2. The normalized spacial score (nSPS) is 13.1. The Bertz CT molecular complexity index is 188.